The predicted molar refractivity (Wildman–Crippen MR) is 76.2 cm³/mol. The van der Waals surface area contributed by atoms with Gasteiger partial charge in [-0.3, -0.25) is 4.90 Å². The van der Waals surface area contributed by atoms with E-state index < -0.39 is 0 Å². The lowest BCUT2D eigenvalue weighted by Gasteiger charge is -2.29. The van der Waals surface area contributed by atoms with Gasteiger partial charge in [-0.1, -0.05) is 12.8 Å². The van der Waals surface area contributed by atoms with E-state index in [0.29, 0.717) is 18.8 Å². The Labute approximate surface area is 117 Å². The lowest BCUT2D eigenvalue weighted by Crippen LogP contribution is -2.37. The molecule has 0 aromatic heterocycles. The highest BCUT2D eigenvalue weighted by Gasteiger charge is 2.43. The number of nitrogens with zero attached hydrogens (tertiary/aromatic N) is 1. The Bertz CT molecular complexity index is 288. The molecule has 0 radical (unpaired) electrons. The SMILES string of the molecule is OCCCC1CCCN1CC1CCC2(CCCC2)O1. The van der Waals surface area contributed by atoms with Gasteiger partial charge in [0.25, 0.3) is 0 Å². The van der Waals surface area contributed by atoms with Crippen molar-refractivity contribution < 1.29 is 9.84 Å². The lowest BCUT2D eigenvalue weighted by atomic mass is 9.98. The quantitative estimate of drug-likeness (QED) is 0.831. The summed E-state index contributed by atoms with van der Waals surface area (Å²) >= 11 is 0. The summed E-state index contributed by atoms with van der Waals surface area (Å²) in [5.41, 5.74) is 0.283. The molecule has 1 saturated carbocycles. The van der Waals surface area contributed by atoms with Crippen LogP contribution in [0.2, 0.25) is 0 Å². The monoisotopic (exact) mass is 267 g/mol. The standard InChI is InChI=1S/C16H29NO2/c18-12-4-6-14-5-3-11-17(14)13-15-7-10-16(19-15)8-1-2-9-16/h14-15,18H,1-13H2. The summed E-state index contributed by atoms with van der Waals surface area (Å²) in [5, 5.41) is 8.99. The molecule has 3 aliphatic rings. The third kappa shape index (κ3) is 3.14. The number of aliphatic hydroxyl groups is 1. The van der Waals surface area contributed by atoms with Gasteiger partial charge in [0.2, 0.25) is 0 Å². The number of likely N-dealkylation sites (tertiary alicyclic amines) is 1. The van der Waals surface area contributed by atoms with E-state index in [-0.39, 0.29) is 5.60 Å². The number of hydrogen-bond acceptors (Lipinski definition) is 3. The Hall–Kier alpha value is -0.120. The molecule has 1 spiro atoms. The first-order chi connectivity index (χ1) is 9.31. The smallest absolute Gasteiger partial charge is 0.0710 e. The molecule has 2 heterocycles. The fourth-order valence-corrected chi connectivity index (χ4v) is 4.46. The average molecular weight is 267 g/mol. The molecular formula is C16H29NO2. The van der Waals surface area contributed by atoms with Crippen LogP contribution in [-0.2, 0) is 4.74 Å². The molecule has 2 aliphatic heterocycles. The van der Waals surface area contributed by atoms with Crippen molar-refractivity contribution in [1.82, 2.24) is 4.90 Å². The highest BCUT2D eigenvalue weighted by Crippen LogP contribution is 2.43. The maximum atomic E-state index is 8.99. The zero-order valence-corrected chi connectivity index (χ0v) is 12.1. The van der Waals surface area contributed by atoms with Gasteiger partial charge in [0.1, 0.15) is 0 Å². The maximum absolute atomic E-state index is 8.99. The predicted octanol–water partition coefficient (Wildman–Crippen LogP) is 2.72. The van der Waals surface area contributed by atoms with Gasteiger partial charge in [0.15, 0.2) is 0 Å². The number of rotatable bonds is 5. The molecule has 2 saturated heterocycles. The molecule has 3 fully saturated rings. The molecule has 19 heavy (non-hydrogen) atoms. The normalized spacial score (nSPS) is 34.6. The van der Waals surface area contributed by atoms with Crippen LogP contribution in [0, 0.1) is 0 Å². The average Bonchev–Trinajstić information content (AvgIpc) is 3.12. The highest BCUT2D eigenvalue weighted by atomic mass is 16.5. The summed E-state index contributed by atoms with van der Waals surface area (Å²) in [5.74, 6) is 0. The first-order valence-corrected chi connectivity index (χ1v) is 8.34. The van der Waals surface area contributed by atoms with Crippen LogP contribution in [0.15, 0.2) is 0 Å². The van der Waals surface area contributed by atoms with Crippen molar-refractivity contribution >= 4 is 0 Å². The maximum Gasteiger partial charge on any atom is 0.0710 e. The van der Waals surface area contributed by atoms with Gasteiger partial charge in [-0.25, -0.2) is 0 Å². The van der Waals surface area contributed by atoms with E-state index in [1.165, 1.54) is 57.9 Å². The molecule has 0 bridgehead atoms. The largest absolute Gasteiger partial charge is 0.396 e. The summed E-state index contributed by atoms with van der Waals surface area (Å²) in [4.78, 5) is 2.63. The summed E-state index contributed by atoms with van der Waals surface area (Å²) in [7, 11) is 0. The van der Waals surface area contributed by atoms with Gasteiger partial charge in [-0.15, -0.1) is 0 Å². The van der Waals surface area contributed by atoms with Gasteiger partial charge >= 0.3 is 0 Å². The van der Waals surface area contributed by atoms with Gasteiger partial charge in [0.05, 0.1) is 11.7 Å². The number of aliphatic hydroxyl groups excluding tert-OH is 1. The molecule has 3 heteroatoms. The van der Waals surface area contributed by atoms with E-state index in [0.717, 1.165) is 19.4 Å². The van der Waals surface area contributed by atoms with Crippen molar-refractivity contribution in [2.45, 2.75) is 82.0 Å². The number of hydrogen-bond donors (Lipinski definition) is 1. The molecule has 3 rings (SSSR count). The minimum atomic E-state index is 0.283. The summed E-state index contributed by atoms with van der Waals surface area (Å²) in [6.45, 7) is 2.72. The highest BCUT2D eigenvalue weighted by molar-refractivity contribution is 4.94. The topological polar surface area (TPSA) is 32.7 Å². The Morgan fingerprint density at radius 1 is 1.11 bits per heavy atom. The van der Waals surface area contributed by atoms with Gasteiger partial charge in [0, 0.05) is 19.2 Å². The van der Waals surface area contributed by atoms with Crippen LogP contribution in [-0.4, -0.2) is 47.4 Å². The van der Waals surface area contributed by atoms with Crippen LogP contribution in [0.3, 0.4) is 0 Å². The third-order valence-electron chi connectivity index (χ3n) is 5.49. The molecule has 0 aromatic rings. The number of ether oxygens (including phenoxy) is 1. The van der Waals surface area contributed by atoms with Crippen molar-refractivity contribution in [2.75, 3.05) is 19.7 Å². The zero-order chi connectivity index (χ0) is 13.1. The second-order valence-electron chi connectivity index (χ2n) is 6.83. The van der Waals surface area contributed by atoms with E-state index in [2.05, 4.69) is 4.90 Å². The van der Waals surface area contributed by atoms with E-state index in [4.69, 9.17) is 9.84 Å². The third-order valence-corrected chi connectivity index (χ3v) is 5.49. The first-order valence-electron chi connectivity index (χ1n) is 8.34. The van der Waals surface area contributed by atoms with Gasteiger partial charge in [-0.2, -0.15) is 0 Å². The summed E-state index contributed by atoms with van der Waals surface area (Å²) in [6, 6.07) is 0.705. The van der Waals surface area contributed by atoms with E-state index in [9.17, 15) is 0 Å². The van der Waals surface area contributed by atoms with Crippen LogP contribution in [0.25, 0.3) is 0 Å². The van der Waals surface area contributed by atoms with E-state index in [1.54, 1.807) is 0 Å². The molecule has 1 N–H and O–H groups in total. The van der Waals surface area contributed by atoms with Crippen LogP contribution in [0.5, 0.6) is 0 Å². The van der Waals surface area contributed by atoms with Crippen molar-refractivity contribution in [1.29, 1.82) is 0 Å². The van der Waals surface area contributed by atoms with Crippen molar-refractivity contribution in [2.24, 2.45) is 0 Å². The van der Waals surface area contributed by atoms with Crippen LogP contribution < -0.4 is 0 Å². The minimum Gasteiger partial charge on any atom is -0.396 e. The molecule has 1 aliphatic carbocycles. The zero-order valence-electron chi connectivity index (χ0n) is 12.1. The van der Waals surface area contributed by atoms with E-state index in [1.807, 2.05) is 0 Å². The van der Waals surface area contributed by atoms with Crippen LogP contribution >= 0.6 is 0 Å². The van der Waals surface area contributed by atoms with Crippen LogP contribution in [0.4, 0.5) is 0 Å². The first kappa shape index (κ1) is 13.8. The molecule has 3 nitrogen and oxygen atoms in total. The molecule has 0 amide bonds. The lowest BCUT2D eigenvalue weighted by molar-refractivity contribution is -0.0487. The van der Waals surface area contributed by atoms with Crippen molar-refractivity contribution in [3.8, 4) is 0 Å². The summed E-state index contributed by atoms with van der Waals surface area (Å²) in [6.07, 6.45) is 13.2. The van der Waals surface area contributed by atoms with Crippen LogP contribution in [0.1, 0.15) is 64.2 Å². The molecular weight excluding hydrogens is 238 g/mol. The molecule has 110 valence electrons. The summed E-state index contributed by atoms with van der Waals surface area (Å²) < 4.78 is 6.43. The second-order valence-corrected chi connectivity index (χ2v) is 6.83. The van der Waals surface area contributed by atoms with Gasteiger partial charge in [-0.05, 0) is 57.9 Å². The van der Waals surface area contributed by atoms with Gasteiger partial charge < -0.3 is 9.84 Å². The van der Waals surface area contributed by atoms with Crippen molar-refractivity contribution in [3.05, 3.63) is 0 Å². The fraction of sp³-hybridized carbons (Fsp3) is 1.00. The Balaban J connectivity index is 1.48. The minimum absolute atomic E-state index is 0.283. The fourth-order valence-electron chi connectivity index (χ4n) is 4.46. The Morgan fingerprint density at radius 2 is 1.95 bits per heavy atom. The molecule has 2 atom stereocenters. The Kier molecular flexibility index (Phi) is 4.45. The second kappa shape index (κ2) is 6.11. The molecule has 0 aromatic carbocycles. The van der Waals surface area contributed by atoms with Crippen molar-refractivity contribution in [3.63, 3.8) is 0 Å². The van der Waals surface area contributed by atoms with E-state index >= 15 is 0 Å². The Morgan fingerprint density at radius 3 is 2.74 bits per heavy atom. The molecule has 2 unspecified atom stereocenters.